The average molecular weight is 270 g/mol. The van der Waals surface area contributed by atoms with Crippen LogP contribution in [0.3, 0.4) is 0 Å². The average Bonchev–Trinajstić information content (AvgIpc) is 2.40. The van der Waals surface area contributed by atoms with Crippen molar-refractivity contribution in [2.75, 3.05) is 13.2 Å². The zero-order valence-corrected chi connectivity index (χ0v) is 10.7. The van der Waals surface area contributed by atoms with E-state index in [0.717, 1.165) is 25.9 Å². The first-order chi connectivity index (χ1) is 8.66. The molecule has 0 radical (unpaired) electrons. The Morgan fingerprint density at radius 1 is 1.50 bits per heavy atom. The van der Waals surface area contributed by atoms with E-state index in [2.05, 4.69) is 5.32 Å². The molecule has 1 atom stereocenters. The maximum atomic E-state index is 11.9. The molecule has 0 spiro atoms. The van der Waals surface area contributed by atoms with E-state index in [1.54, 1.807) is 0 Å². The molecule has 1 amide bonds. The Bertz CT molecular complexity index is 430. The topological polar surface area (TPSA) is 58.6 Å². The summed E-state index contributed by atoms with van der Waals surface area (Å²) in [6.45, 7) is 1.22. The third kappa shape index (κ3) is 3.37. The molecule has 1 heterocycles. The van der Waals surface area contributed by atoms with Crippen LogP contribution in [0.1, 0.15) is 29.6 Å². The zero-order chi connectivity index (χ0) is 13.0. The molecule has 0 aromatic heterocycles. The maximum absolute atomic E-state index is 11.9. The second-order valence-electron chi connectivity index (χ2n) is 4.36. The smallest absolute Gasteiger partial charge is 0.255 e. The van der Waals surface area contributed by atoms with Gasteiger partial charge < -0.3 is 15.2 Å². The molecule has 1 fully saturated rings. The van der Waals surface area contributed by atoms with Crippen LogP contribution in [-0.2, 0) is 4.74 Å². The minimum atomic E-state index is -0.329. The summed E-state index contributed by atoms with van der Waals surface area (Å²) in [5, 5.41) is 12.8. The van der Waals surface area contributed by atoms with Gasteiger partial charge >= 0.3 is 0 Å². The van der Waals surface area contributed by atoms with Crippen molar-refractivity contribution in [3.05, 3.63) is 28.8 Å². The largest absolute Gasteiger partial charge is 0.507 e. The molecule has 1 aliphatic rings. The number of aromatic hydroxyl groups is 1. The van der Waals surface area contributed by atoms with Gasteiger partial charge in [-0.1, -0.05) is 11.6 Å². The van der Waals surface area contributed by atoms with Crippen LogP contribution in [0.15, 0.2) is 18.2 Å². The Kier molecular flexibility index (Phi) is 4.44. The van der Waals surface area contributed by atoms with E-state index >= 15 is 0 Å². The molecule has 0 saturated carbocycles. The number of amides is 1. The number of phenolic OH excluding ortho intramolecular Hbond substituents is 1. The van der Waals surface area contributed by atoms with Crippen LogP contribution in [0.2, 0.25) is 5.02 Å². The van der Waals surface area contributed by atoms with Crippen molar-refractivity contribution in [2.24, 2.45) is 0 Å². The molecule has 5 heteroatoms. The van der Waals surface area contributed by atoms with Crippen LogP contribution < -0.4 is 5.32 Å². The molecule has 1 saturated heterocycles. The van der Waals surface area contributed by atoms with Gasteiger partial charge in [-0.05, 0) is 37.5 Å². The van der Waals surface area contributed by atoms with Crippen molar-refractivity contribution in [3.63, 3.8) is 0 Å². The molecule has 1 aliphatic heterocycles. The lowest BCUT2D eigenvalue weighted by Crippen LogP contribution is -2.35. The van der Waals surface area contributed by atoms with Crippen LogP contribution >= 0.6 is 11.6 Å². The van der Waals surface area contributed by atoms with Gasteiger partial charge in [0.15, 0.2) is 0 Å². The highest BCUT2D eigenvalue weighted by atomic mass is 35.5. The number of hydrogen-bond acceptors (Lipinski definition) is 3. The number of hydrogen-bond donors (Lipinski definition) is 2. The molecule has 1 aromatic rings. The Morgan fingerprint density at radius 3 is 3.06 bits per heavy atom. The molecule has 2 rings (SSSR count). The first-order valence-electron chi connectivity index (χ1n) is 6.05. The molecule has 1 unspecified atom stereocenters. The number of carbonyl (C=O) groups excluding carboxylic acids is 1. The van der Waals surface area contributed by atoms with Gasteiger partial charge in [-0.2, -0.15) is 0 Å². The molecular weight excluding hydrogens is 254 g/mol. The minimum absolute atomic E-state index is 0.0681. The number of benzene rings is 1. The monoisotopic (exact) mass is 269 g/mol. The number of nitrogens with one attached hydrogen (secondary N) is 1. The third-order valence-corrected chi connectivity index (χ3v) is 3.20. The summed E-state index contributed by atoms with van der Waals surface area (Å²) in [5.41, 5.74) is 0.193. The van der Waals surface area contributed by atoms with Gasteiger partial charge in [0.1, 0.15) is 5.75 Å². The van der Waals surface area contributed by atoms with Gasteiger partial charge in [0.2, 0.25) is 0 Å². The molecule has 2 N–H and O–H groups in total. The fraction of sp³-hybridized carbons (Fsp3) is 0.462. The molecule has 0 aliphatic carbocycles. The summed E-state index contributed by atoms with van der Waals surface area (Å²) in [4.78, 5) is 11.9. The SMILES string of the molecule is O=C(NCC1CCCCO1)c1cc(Cl)ccc1O. The summed E-state index contributed by atoms with van der Waals surface area (Å²) < 4.78 is 5.51. The quantitative estimate of drug-likeness (QED) is 0.886. The first-order valence-corrected chi connectivity index (χ1v) is 6.43. The van der Waals surface area contributed by atoms with E-state index in [1.807, 2.05) is 0 Å². The highest BCUT2D eigenvalue weighted by molar-refractivity contribution is 6.31. The fourth-order valence-electron chi connectivity index (χ4n) is 1.96. The van der Waals surface area contributed by atoms with Crippen LogP contribution in [0, 0.1) is 0 Å². The van der Waals surface area contributed by atoms with Crippen LogP contribution in [0.25, 0.3) is 0 Å². The van der Waals surface area contributed by atoms with Gasteiger partial charge in [-0.15, -0.1) is 0 Å². The first kappa shape index (κ1) is 13.2. The van der Waals surface area contributed by atoms with E-state index in [9.17, 15) is 9.90 Å². The second-order valence-corrected chi connectivity index (χ2v) is 4.80. The van der Waals surface area contributed by atoms with Crippen molar-refractivity contribution in [1.82, 2.24) is 5.32 Å². The van der Waals surface area contributed by atoms with E-state index < -0.39 is 0 Å². The molecular formula is C13H16ClNO3. The van der Waals surface area contributed by atoms with Gasteiger partial charge in [0.05, 0.1) is 11.7 Å². The van der Waals surface area contributed by atoms with Gasteiger partial charge in [-0.25, -0.2) is 0 Å². The van der Waals surface area contributed by atoms with E-state index in [4.69, 9.17) is 16.3 Å². The molecule has 0 bridgehead atoms. The van der Waals surface area contributed by atoms with Crippen molar-refractivity contribution >= 4 is 17.5 Å². The normalized spacial score (nSPS) is 19.5. The van der Waals surface area contributed by atoms with Gasteiger partial charge in [0, 0.05) is 18.2 Å². The summed E-state index contributed by atoms with van der Waals surface area (Å²) in [7, 11) is 0. The Labute approximate surface area is 111 Å². The predicted molar refractivity (Wildman–Crippen MR) is 69.0 cm³/mol. The fourth-order valence-corrected chi connectivity index (χ4v) is 2.13. The van der Waals surface area contributed by atoms with Crippen molar-refractivity contribution < 1.29 is 14.6 Å². The maximum Gasteiger partial charge on any atom is 0.255 e. The summed E-state index contributed by atoms with van der Waals surface area (Å²) in [5.74, 6) is -0.398. The summed E-state index contributed by atoms with van der Waals surface area (Å²) in [6, 6.07) is 4.40. The zero-order valence-electron chi connectivity index (χ0n) is 9.99. The lowest BCUT2D eigenvalue weighted by atomic mass is 10.1. The van der Waals surface area contributed by atoms with E-state index in [0.29, 0.717) is 11.6 Å². The molecule has 18 heavy (non-hydrogen) atoms. The number of halogens is 1. The van der Waals surface area contributed by atoms with Crippen LogP contribution in [0.5, 0.6) is 5.75 Å². The van der Waals surface area contributed by atoms with Crippen molar-refractivity contribution in [3.8, 4) is 5.75 Å². The Morgan fingerprint density at radius 2 is 2.33 bits per heavy atom. The molecule has 1 aromatic carbocycles. The highest BCUT2D eigenvalue weighted by Gasteiger charge is 2.17. The number of carbonyl (C=O) groups is 1. The van der Waals surface area contributed by atoms with E-state index in [1.165, 1.54) is 18.2 Å². The van der Waals surface area contributed by atoms with Crippen molar-refractivity contribution in [1.29, 1.82) is 0 Å². The summed E-state index contributed by atoms with van der Waals surface area (Å²) >= 11 is 5.79. The second kappa shape index (κ2) is 6.07. The lowest BCUT2D eigenvalue weighted by Gasteiger charge is -2.22. The number of ether oxygens (including phenoxy) is 1. The Balaban J connectivity index is 1.92. The standard InChI is InChI=1S/C13H16ClNO3/c14-9-4-5-12(16)11(7-9)13(17)15-8-10-3-1-2-6-18-10/h4-5,7,10,16H,1-3,6,8H2,(H,15,17). The highest BCUT2D eigenvalue weighted by Crippen LogP contribution is 2.21. The summed E-state index contributed by atoms with van der Waals surface area (Å²) in [6.07, 6.45) is 3.24. The minimum Gasteiger partial charge on any atom is -0.507 e. The number of phenols is 1. The number of rotatable bonds is 3. The van der Waals surface area contributed by atoms with Crippen LogP contribution in [-0.4, -0.2) is 30.3 Å². The van der Waals surface area contributed by atoms with Crippen LogP contribution in [0.4, 0.5) is 0 Å². The van der Waals surface area contributed by atoms with Crippen molar-refractivity contribution in [2.45, 2.75) is 25.4 Å². The predicted octanol–water partition coefficient (Wildman–Crippen LogP) is 2.34. The van der Waals surface area contributed by atoms with E-state index in [-0.39, 0.29) is 23.3 Å². The van der Waals surface area contributed by atoms with Gasteiger partial charge in [0.25, 0.3) is 5.91 Å². The Hall–Kier alpha value is -1.26. The molecule has 4 nitrogen and oxygen atoms in total. The third-order valence-electron chi connectivity index (χ3n) is 2.97. The molecule has 98 valence electrons. The van der Waals surface area contributed by atoms with Gasteiger partial charge in [-0.3, -0.25) is 4.79 Å². The lowest BCUT2D eigenvalue weighted by molar-refractivity contribution is 0.0169.